The molecular weight excluding hydrogens is 462 g/mol. The fourth-order valence-corrected chi connectivity index (χ4v) is 6.51. The summed E-state index contributed by atoms with van der Waals surface area (Å²) < 4.78 is 6.23. The van der Waals surface area contributed by atoms with E-state index in [2.05, 4.69) is 118 Å². The predicted molar refractivity (Wildman–Crippen MR) is 139 cm³/mol. The monoisotopic (exact) mass is 477 g/mol. The molecule has 2 heterocycles. The number of thiophene rings is 1. The van der Waals surface area contributed by atoms with Gasteiger partial charge in [0.2, 0.25) is 0 Å². The fraction of sp³-hybridized carbons (Fsp3) is 0. The van der Waals surface area contributed by atoms with E-state index >= 15 is 0 Å². The Morgan fingerprint density at radius 2 is 1.19 bits per heavy atom. The minimum atomic E-state index is 1.09. The molecule has 7 rings (SSSR count). The molecule has 0 radical (unpaired) electrons. The highest BCUT2D eigenvalue weighted by molar-refractivity contribution is 9.10. The Bertz CT molecular complexity index is 1790. The first kappa shape index (κ1) is 17.5. The van der Waals surface area contributed by atoms with E-state index in [-0.39, 0.29) is 0 Å². The molecular formula is C28H16BrNS. The molecule has 0 aliphatic rings. The number of para-hydroxylation sites is 1. The first-order valence-corrected chi connectivity index (χ1v) is 11.9. The van der Waals surface area contributed by atoms with Crippen LogP contribution in [0.4, 0.5) is 0 Å². The third-order valence-electron chi connectivity index (χ3n) is 6.24. The van der Waals surface area contributed by atoms with E-state index in [9.17, 15) is 0 Å². The molecule has 1 nitrogen and oxygen atoms in total. The number of rotatable bonds is 1. The van der Waals surface area contributed by atoms with Crippen LogP contribution < -0.4 is 0 Å². The molecule has 0 spiro atoms. The van der Waals surface area contributed by atoms with E-state index < -0.39 is 0 Å². The van der Waals surface area contributed by atoms with Crippen LogP contribution in [0.15, 0.2) is 102 Å². The molecule has 0 fully saturated rings. The molecule has 31 heavy (non-hydrogen) atoms. The zero-order valence-electron chi connectivity index (χ0n) is 16.5. The first-order chi connectivity index (χ1) is 15.3. The van der Waals surface area contributed by atoms with Crippen LogP contribution in [-0.4, -0.2) is 4.57 Å². The van der Waals surface area contributed by atoms with Crippen molar-refractivity contribution in [2.75, 3.05) is 0 Å². The number of hydrogen-bond acceptors (Lipinski definition) is 1. The van der Waals surface area contributed by atoms with Gasteiger partial charge in [-0.2, -0.15) is 0 Å². The lowest BCUT2D eigenvalue weighted by Crippen LogP contribution is -1.93. The zero-order chi connectivity index (χ0) is 20.5. The van der Waals surface area contributed by atoms with Gasteiger partial charge in [0.05, 0.1) is 15.7 Å². The van der Waals surface area contributed by atoms with E-state index in [1.165, 1.54) is 58.4 Å². The molecule has 0 atom stereocenters. The van der Waals surface area contributed by atoms with Crippen molar-refractivity contribution in [2.45, 2.75) is 0 Å². The number of aromatic nitrogens is 1. The normalized spacial score (nSPS) is 12.0. The smallest absolute Gasteiger partial charge is 0.0726 e. The van der Waals surface area contributed by atoms with Gasteiger partial charge < -0.3 is 4.57 Å². The molecule has 3 heteroatoms. The van der Waals surface area contributed by atoms with E-state index in [0.29, 0.717) is 0 Å². The van der Waals surface area contributed by atoms with Gasteiger partial charge in [-0.05, 0) is 47.2 Å². The lowest BCUT2D eigenvalue weighted by molar-refractivity contribution is 1.19. The van der Waals surface area contributed by atoms with Gasteiger partial charge in [-0.15, -0.1) is 11.3 Å². The van der Waals surface area contributed by atoms with Crippen LogP contribution in [-0.2, 0) is 0 Å². The summed E-state index contributed by atoms with van der Waals surface area (Å²) in [6.45, 7) is 0. The lowest BCUT2D eigenvalue weighted by atomic mass is 9.99. The summed E-state index contributed by atoms with van der Waals surface area (Å²) in [4.78, 5) is 0. The fourth-order valence-electron chi connectivity index (χ4n) is 4.98. The Morgan fingerprint density at radius 1 is 0.581 bits per heavy atom. The molecule has 0 N–H and O–H groups in total. The topological polar surface area (TPSA) is 4.93 Å². The molecule has 7 aromatic rings. The van der Waals surface area contributed by atoms with E-state index in [0.717, 1.165) is 4.47 Å². The summed E-state index contributed by atoms with van der Waals surface area (Å²) in [6.07, 6.45) is 0. The van der Waals surface area contributed by atoms with Crippen molar-refractivity contribution in [1.82, 2.24) is 4.57 Å². The Morgan fingerprint density at radius 3 is 1.97 bits per heavy atom. The highest BCUT2D eigenvalue weighted by atomic mass is 79.9. The second-order valence-corrected chi connectivity index (χ2v) is 9.87. The van der Waals surface area contributed by atoms with Crippen molar-refractivity contribution in [3.63, 3.8) is 0 Å². The Balaban J connectivity index is 1.86. The lowest BCUT2D eigenvalue weighted by Gasteiger charge is -2.10. The Labute approximate surface area is 191 Å². The van der Waals surface area contributed by atoms with Crippen LogP contribution in [0.25, 0.3) is 58.4 Å². The summed E-state index contributed by atoms with van der Waals surface area (Å²) >= 11 is 5.50. The number of nitrogens with zero attached hydrogens (tertiary/aromatic N) is 1. The van der Waals surface area contributed by atoms with Crippen molar-refractivity contribution in [3.05, 3.63) is 102 Å². The van der Waals surface area contributed by atoms with E-state index in [4.69, 9.17) is 0 Å². The van der Waals surface area contributed by atoms with Gasteiger partial charge >= 0.3 is 0 Å². The maximum Gasteiger partial charge on any atom is 0.0726 e. The maximum atomic E-state index is 3.60. The van der Waals surface area contributed by atoms with Crippen LogP contribution in [0.5, 0.6) is 0 Å². The van der Waals surface area contributed by atoms with E-state index in [1.54, 1.807) is 0 Å². The number of benzene rings is 5. The van der Waals surface area contributed by atoms with Crippen molar-refractivity contribution < 1.29 is 0 Å². The number of hydrogen-bond donors (Lipinski definition) is 0. The second-order valence-electron chi connectivity index (χ2n) is 7.90. The van der Waals surface area contributed by atoms with Gasteiger partial charge in [-0.1, -0.05) is 76.6 Å². The Hall–Kier alpha value is -3.14. The van der Waals surface area contributed by atoms with Crippen LogP contribution in [0.1, 0.15) is 0 Å². The van der Waals surface area contributed by atoms with Gasteiger partial charge in [0.1, 0.15) is 0 Å². The summed E-state index contributed by atoms with van der Waals surface area (Å²) in [7, 11) is 0. The second kappa shape index (κ2) is 6.43. The summed E-state index contributed by atoms with van der Waals surface area (Å²) in [5.41, 5.74) is 3.73. The van der Waals surface area contributed by atoms with Crippen LogP contribution in [0, 0.1) is 0 Å². The number of halogens is 1. The number of fused-ring (bicyclic) bond motifs is 10. The standard InChI is InChI=1S/C28H16BrNS/c29-17-13-15-18(16-14-17)30-23-11-5-3-9-21(23)25-19-7-1-2-8-20(19)26-22-10-4-6-12-24(22)31-28(26)27(25)30/h1-16H. The van der Waals surface area contributed by atoms with Crippen LogP contribution in [0.3, 0.4) is 0 Å². The van der Waals surface area contributed by atoms with Gasteiger partial charge in [0.25, 0.3) is 0 Å². The highest BCUT2D eigenvalue weighted by Crippen LogP contribution is 2.47. The minimum Gasteiger partial charge on any atom is -0.308 e. The molecule has 5 aromatic carbocycles. The largest absolute Gasteiger partial charge is 0.308 e. The average molecular weight is 478 g/mol. The summed E-state index contributed by atoms with van der Waals surface area (Å²) in [5, 5.41) is 8.00. The zero-order valence-corrected chi connectivity index (χ0v) is 18.9. The average Bonchev–Trinajstić information content (AvgIpc) is 3.36. The van der Waals surface area contributed by atoms with E-state index in [1.807, 2.05) is 11.3 Å². The molecule has 0 bridgehead atoms. The third-order valence-corrected chi connectivity index (χ3v) is 7.94. The molecule has 0 unspecified atom stereocenters. The van der Waals surface area contributed by atoms with Crippen molar-refractivity contribution in [2.24, 2.45) is 0 Å². The molecule has 0 aliphatic heterocycles. The molecule has 0 saturated heterocycles. The molecule has 0 aliphatic carbocycles. The maximum absolute atomic E-state index is 3.60. The minimum absolute atomic E-state index is 1.09. The molecule has 146 valence electrons. The quantitative estimate of drug-likeness (QED) is 0.222. The molecule has 2 aromatic heterocycles. The van der Waals surface area contributed by atoms with Gasteiger partial charge in [0.15, 0.2) is 0 Å². The SMILES string of the molecule is Brc1ccc(-n2c3ccccc3c3c4ccccc4c4c5ccccc5sc4c32)cc1. The highest BCUT2D eigenvalue weighted by Gasteiger charge is 2.21. The van der Waals surface area contributed by atoms with Crippen molar-refractivity contribution in [1.29, 1.82) is 0 Å². The van der Waals surface area contributed by atoms with Crippen LogP contribution in [0.2, 0.25) is 0 Å². The Kier molecular flexibility index (Phi) is 3.64. The van der Waals surface area contributed by atoms with Gasteiger partial charge in [-0.3, -0.25) is 0 Å². The van der Waals surface area contributed by atoms with Gasteiger partial charge in [0, 0.05) is 36.4 Å². The molecule has 0 saturated carbocycles. The summed E-state index contributed by atoms with van der Waals surface area (Å²) in [6, 6.07) is 35.1. The van der Waals surface area contributed by atoms with Crippen LogP contribution >= 0.6 is 27.3 Å². The predicted octanol–water partition coefficient (Wildman–Crippen LogP) is 9.07. The third kappa shape index (κ3) is 2.36. The molecule has 0 amide bonds. The van der Waals surface area contributed by atoms with Crippen molar-refractivity contribution >= 4 is 80.0 Å². The summed E-state index contributed by atoms with van der Waals surface area (Å²) in [5.74, 6) is 0. The van der Waals surface area contributed by atoms with Crippen molar-refractivity contribution in [3.8, 4) is 5.69 Å². The van der Waals surface area contributed by atoms with Gasteiger partial charge in [-0.25, -0.2) is 0 Å². The first-order valence-electron chi connectivity index (χ1n) is 10.3.